The Balaban J connectivity index is 2.86. The predicted octanol–water partition coefficient (Wildman–Crippen LogP) is 1.28. The van der Waals surface area contributed by atoms with E-state index in [2.05, 4.69) is 10.3 Å². The van der Waals surface area contributed by atoms with E-state index in [-0.39, 0.29) is 0 Å². The Morgan fingerprint density at radius 2 is 2.25 bits per heavy atom. The summed E-state index contributed by atoms with van der Waals surface area (Å²) in [6.07, 6.45) is 0. The highest BCUT2D eigenvalue weighted by atomic mass is 15.0. The fourth-order valence-electron chi connectivity index (χ4n) is 1.09. The Morgan fingerprint density at radius 3 is 2.75 bits per heavy atom. The Kier molecular flexibility index (Phi) is 3.05. The number of anilines is 1. The van der Waals surface area contributed by atoms with Gasteiger partial charge in [-0.25, -0.2) is 4.98 Å². The van der Waals surface area contributed by atoms with Gasteiger partial charge in [0, 0.05) is 18.8 Å². The van der Waals surface area contributed by atoms with E-state index in [1.807, 2.05) is 26.0 Å². The summed E-state index contributed by atoms with van der Waals surface area (Å²) in [5.74, 6) is 0.923. The first-order valence-corrected chi connectivity index (χ1v) is 4.18. The van der Waals surface area contributed by atoms with Gasteiger partial charge in [0.2, 0.25) is 0 Å². The first kappa shape index (κ1) is 9.00. The summed E-state index contributed by atoms with van der Waals surface area (Å²) in [6, 6.07) is 3.97. The average molecular weight is 165 g/mol. The zero-order valence-corrected chi connectivity index (χ0v) is 7.59. The number of nitrogens with zero attached hydrogens (tertiary/aromatic N) is 1. The third-order valence-corrected chi connectivity index (χ3v) is 1.77. The number of aromatic nitrogens is 1. The van der Waals surface area contributed by atoms with E-state index in [4.69, 9.17) is 5.73 Å². The number of hydrogen-bond acceptors (Lipinski definition) is 3. The molecule has 0 aliphatic rings. The van der Waals surface area contributed by atoms with Gasteiger partial charge in [0.05, 0.1) is 0 Å². The van der Waals surface area contributed by atoms with Gasteiger partial charge in [0.15, 0.2) is 0 Å². The van der Waals surface area contributed by atoms with Crippen LogP contribution in [0.15, 0.2) is 12.1 Å². The molecular weight excluding hydrogens is 150 g/mol. The number of pyridine rings is 1. The highest BCUT2D eigenvalue weighted by Gasteiger charge is 1.97. The molecule has 0 saturated heterocycles. The molecule has 0 bridgehead atoms. The van der Waals surface area contributed by atoms with Gasteiger partial charge in [-0.2, -0.15) is 0 Å². The lowest BCUT2D eigenvalue weighted by molar-refractivity contribution is 1.00. The maximum atomic E-state index is 5.51. The molecule has 3 N–H and O–H groups in total. The Bertz CT molecular complexity index is 258. The van der Waals surface area contributed by atoms with Crippen molar-refractivity contribution in [3.63, 3.8) is 0 Å². The maximum Gasteiger partial charge on any atom is 0.126 e. The van der Waals surface area contributed by atoms with Crippen LogP contribution in [0.2, 0.25) is 0 Å². The van der Waals surface area contributed by atoms with Crippen LogP contribution in [-0.2, 0) is 6.54 Å². The number of nitrogens with one attached hydrogen (secondary N) is 1. The lowest BCUT2D eigenvalue weighted by atomic mass is 10.2. The van der Waals surface area contributed by atoms with Crippen LogP contribution in [0.4, 0.5) is 5.82 Å². The fourth-order valence-corrected chi connectivity index (χ4v) is 1.09. The molecule has 1 aromatic rings. The average Bonchev–Trinajstić information content (AvgIpc) is 2.05. The molecule has 0 aliphatic carbocycles. The monoisotopic (exact) mass is 165 g/mol. The van der Waals surface area contributed by atoms with E-state index in [1.54, 1.807) is 0 Å². The second-order valence-corrected chi connectivity index (χ2v) is 2.68. The molecule has 12 heavy (non-hydrogen) atoms. The maximum absolute atomic E-state index is 5.51. The summed E-state index contributed by atoms with van der Waals surface area (Å²) in [7, 11) is 0. The van der Waals surface area contributed by atoms with Gasteiger partial charge in [-0.05, 0) is 25.5 Å². The van der Waals surface area contributed by atoms with Gasteiger partial charge < -0.3 is 11.1 Å². The topological polar surface area (TPSA) is 50.9 Å². The van der Waals surface area contributed by atoms with Crippen molar-refractivity contribution in [1.82, 2.24) is 4.98 Å². The smallest absolute Gasteiger partial charge is 0.126 e. The normalized spacial score (nSPS) is 9.92. The van der Waals surface area contributed by atoms with Crippen LogP contribution in [0.3, 0.4) is 0 Å². The molecule has 0 fully saturated rings. The van der Waals surface area contributed by atoms with Crippen LogP contribution in [0.5, 0.6) is 0 Å². The van der Waals surface area contributed by atoms with Crippen molar-refractivity contribution in [1.29, 1.82) is 0 Å². The fraction of sp³-hybridized carbons (Fsp3) is 0.444. The predicted molar refractivity (Wildman–Crippen MR) is 51.0 cm³/mol. The van der Waals surface area contributed by atoms with Crippen molar-refractivity contribution in [2.45, 2.75) is 20.4 Å². The summed E-state index contributed by atoms with van der Waals surface area (Å²) >= 11 is 0. The van der Waals surface area contributed by atoms with Crippen molar-refractivity contribution in [3.05, 3.63) is 23.4 Å². The first-order valence-electron chi connectivity index (χ1n) is 4.18. The third kappa shape index (κ3) is 1.95. The van der Waals surface area contributed by atoms with Crippen LogP contribution >= 0.6 is 0 Å². The van der Waals surface area contributed by atoms with Crippen molar-refractivity contribution in [2.24, 2.45) is 5.73 Å². The van der Waals surface area contributed by atoms with E-state index in [1.165, 1.54) is 0 Å². The summed E-state index contributed by atoms with van der Waals surface area (Å²) < 4.78 is 0. The van der Waals surface area contributed by atoms with Crippen LogP contribution in [0.1, 0.15) is 18.2 Å². The zero-order chi connectivity index (χ0) is 8.97. The molecule has 0 spiro atoms. The second kappa shape index (κ2) is 4.07. The number of nitrogens with two attached hydrogens (primary N) is 1. The summed E-state index contributed by atoms with van der Waals surface area (Å²) in [5.41, 5.74) is 7.63. The Labute approximate surface area is 73.0 Å². The molecule has 0 unspecified atom stereocenters. The molecule has 66 valence electrons. The van der Waals surface area contributed by atoms with Crippen LogP contribution in [0, 0.1) is 6.92 Å². The van der Waals surface area contributed by atoms with Gasteiger partial charge >= 0.3 is 0 Å². The number of aryl methyl sites for hydroxylation is 1. The van der Waals surface area contributed by atoms with Gasteiger partial charge in [-0.3, -0.25) is 0 Å². The van der Waals surface area contributed by atoms with E-state index in [9.17, 15) is 0 Å². The van der Waals surface area contributed by atoms with E-state index >= 15 is 0 Å². The second-order valence-electron chi connectivity index (χ2n) is 2.68. The lowest BCUT2D eigenvalue weighted by Gasteiger charge is -2.05. The molecular formula is C9H15N3. The van der Waals surface area contributed by atoms with Crippen molar-refractivity contribution in [2.75, 3.05) is 11.9 Å². The molecule has 0 saturated carbocycles. The minimum absolute atomic E-state index is 0.561. The molecule has 1 aromatic heterocycles. The SMILES string of the molecule is CCNc1ccc(CN)c(C)n1. The van der Waals surface area contributed by atoms with Crippen LogP contribution < -0.4 is 11.1 Å². The molecule has 0 atom stereocenters. The summed E-state index contributed by atoms with van der Waals surface area (Å²) in [4.78, 5) is 4.34. The highest BCUT2D eigenvalue weighted by Crippen LogP contribution is 2.09. The standard InChI is InChI=1S/C9H15N3/c1-3-11-9-5-4-8(6-10)7(2)12-9/h4-5H,3,6,10H2,1-2H3,(H,11,12). The number of hydrogen-bond donors (Lipinski definition) is 2. The van der Waals surface area contributed by atoms with Crippen LogP contribution in [-0.4, -0.2) is 11.5 Å². The van der Waals surface area contributed by atoms with E-state index in [0.29, 0.717) is 6.54 Å². The van der Waals surface area contributed by atoms with Crippen molar-refractivity contribution in [3.8, 4) is 0 Å². The highest BCUT2D eigenvalue weighted by molar-refractivity contribution is 5.38. The zero-order valence-electron chi connectivity index (χ0n) is 7.59. The quantitative estimate of drug-likeness (QED) is 0.709. The Morgan fingerprint density at radius 1 is 1.50 bits per heavy atom. The van der Waals surface area contributed by atoms with Gasteiger partial charge in [0.1, 0.15) is 5.82 Å². The molecule has 1 heterocycles. The molecule has 0 radical (unpaired) electrons. The third-order valence-electron chi connectivity index (χ3n) is 1.77. The van der Waals surface area contributed by atoms with E-state index < -0.39 is 0 Å². The first-order chi connectivity index (χ1) is 5.77. The largest absolute Gasteiger partial charge is 0.370 e. The molecule has 3 nitrogen and oxygen atoms in total. The van der Waals surface area contributed by atoms with Gasteiger partial charge in [-0.1, -0.05) is 6.07 Å². The number of rotatable bonds is 3. The molecule has 0 amide bonds. The van der Waals surface area contributed by atoms with Gasteiger partial charge in [0.25, 0.3) is 0 Å². The molecule has 0 aromatic carbocycles. The van der Waals surface area contributed by atoms with Crippen LogP contribution in [0.25, 0.3) is 0 Å². The lowest BCUT2D eigenvalue weighted by Crippen LogP contribution is -2.04. The molecule has 1 rings (SSSR count). The van der Waals surface area contributed by atoms with Crippen molar-refractivity contribution < 1.29 is 0 Å². The minimum Gasteiger partial charge on any atom is -0.370 e. The summed E-state index contributed by atoms with van der Waals surface area (Å²) in [5, 5.41) is 3.15. The summed E-state index contributed by atoms with van der Waals surface area (Å²) in [6.45, 7) is 5.48. The van der Waals surface area contributed by atoms with Gasteiger partial charge in [-0.15, -0.1) is 0 Å². The Hall–Kier alpha value is -1.09. The molecule has 3 heteroatoms. The minimum atomic E-state index is 0.561. The van der Waals surface area contributed by atoms with Crippen molar-refractivity contribution >= 4 is 5.82 Å². The molecule has 0 aliphatic heterocycles. The van der Waals surface area contributed by atoms with E-state index in [0.717, 1.165) is 23.6 Å².